The van der Waals surface area contributed by atoms with E-state index < -0.39 is 0 Å². The van der Waals surface area contributed by atoms with Crippen LogP contribution in [0.25, 0.3) is 0 Å². The minimum absolute atomic E-state index is 0.913. The standard InChI is InChI=1S/C14H23N3S/c1-16-8-17(7-15-14(16)18)13-11-3-9-2-10(5-11)6-12(13)4-9/h9-13H,2-8H2,1H3,(H,15,18)/p+1. The number of nitrogens with one attached hydrogen (secondary N) is 2. The Morgan fingerprint density at radius 2 is 1.72 bits per heavy atom. The van der Waals surface area contributed by atoms with Crippen LogP contribution in [0.3, 0.4) is 0 Å². The third kappa shape index (κ3) is 1.68. The molecule has 0 aromatic carbocycles. The van der Waals surface area contributed by atoms with Gasteiger partial charge in [-0.1, -0.05) is 0 Å². The van der Waals surface area contributed by atoms with Gasteiger partial charge in [-0.2, -0.15) is 0 Å². The molecule has 4 heteroatoms. The van der Waals surface area contributed by atoms with E-state index in [1.54, 1.807) is 11.3 Å². The lowest BCUT2D eigenvalue weighted by atomic mass is 9.54. The Balaban J connectivity index is 1.53. The molecule has 1 saturated heterocycles. The van der Waals surface area contributed by atoms with E-state index in [-0.39, 0.29) is 0 Å². The van der Waals surface area contributed by atoms with Gasteiger partial charge < -0.3 is 10.2 Å². The van der Waals surface area contributed by atoms with Crippen LogP contribution in [-0.2, 0) is 0 Å². The first kappa shape index (κ1) is 11.5. The SMILES string of the molecule is CN1C[NH+](C2C3CC4CC(C3)CC2C4)CNC1=S. The second kappa shape index (κ2) is 4.07. The predicted octanol–water partition coefficient (Wildman–Crippen LogP) is 0.431. The fourth-order valence-electron chi connectivity index (χ4n) is 5.57. The molecule has 4 aliphatic carbocycles. The summed E-state index contributed by atoms with van der Waals surface area (Å²) in [6.07, 6.45) is 7.65. The molecule has 0 radical (unpaired) electrons. The van der Waals surface area contributed by atoms with Crippen LogP contribution in [0.1, 0.15) is 32.1 Å². The van der Waals surface area contributed by atoms with Crippen molar-refractivity contribution in [1.29, 1.82) is 0 Å². The van der Waals surface area contributed by atoms with E-state index in [0.717, 1.165) is 48.2 Å². The Morgan fingerprint density at radius 3 is 2.28 bits per heavy atom. The van der Waals surface area contributed by atoms with Crippen molar-refractivity contribution >= 4 is 17.3 Å². The van der Waals surface area contributed by atoms with Crippen molar-refractivity contribution in [2.75, 3.05) is 20.4 Å². The fourth-order valence-corrected chi connectivity index (χ4v) is 5.71. The Labute approximate surface area is 115 Å². The Hall–Kier alpha value is -0.350. The number of thiocarbonyl (C=S) groups is 1. The quantitative estimate of drug-likeness (QED) is 0.672. The Bertz CT molecular complexity index is 342. The molecule has 0 aromatic rings. The summed E-state index contributed by atoms with van der Waals surface area (Å²) in [5, 5.41) is 4.34. The summed E-state index contributed by atoms with van der Waals surface area (Å²) in [4.78, 5) is 3.97. The van der Waals surface area contributed by atoms with Crippen molar-refractivity contribution in [3.05, 3.63) is 0 Å². The zero-order valence-corrected chi connectivity index (χ0v) is 12.0. The van der Waals surface area contributed by atoms with Crippen molar-refractivity contribution in [2.24, 2.45) is 23.7 Å². The normalized spacial score (nSPS) is 50.5. The van der Waals surface area contributed by atoms with E-state index in [0.29, 0.717) is 0 Å². The topological polar surface area (TPSA) is 19.7 Å². The van der Waals surface area contributed by atoms with Gasteiger partial charge in [0.15, 0.2) is 18.4 Å². The third-order valence-electron chi connectivity index (χ3n) is 5.95. The van der Waals surface area contributed by atoms with Crippen LogP contribution in [0, 0.1) is 23.7 Å². The van der Waals surface area contributed by atoms with E-state index in [2.05, 4.69) is 17.3 Å². The molecular weight excluding hydrogens is 242 g/mol. The number of quaternary nitrogens is 1. The third-order valence-corrected chi connectivity index (χ3v) is 6.41. The lowest BCUT2D eigenvalue weighted by Crippen LogP contribution is -3.22. The molecule has 18 heavy (non-hydrogen) atoms. The molecular formula is C14H24N3S+. The Morgan fingerprint density at radius 1 is 1.11 bits per heavy atom. The average molecular weight is 266 g/mol. The molecule has 5 fully saturated rings. The van der Waals surface area contributed by atoms with Gasteiger partial charge in [0.1, 0.15) is 0 Å². The molecule has 2 N–H and O–H groups in total. The summed E-state index contributed by atoms with van der Waals surface area (Å²) in [6, 6.07) is 0.913. The molecule has 0 spiro atoms. The molecule has 0 amide bonds. The molecule has 1 unspecified atom stereocenters. The van der Waals surface area contributed by atoms with Crippen LogP contribution >= 0.6 is 12.2 Å². The van der Waals surface area contributed by atoms with Crippen molar-refractivity contribution < 1.29 is 4.90 Å². The molecule has 4 bridgehead atoms. The van der Waals surface area contributed by atoms with Crippen molar-refractivity contribution in [1.82, 2.24) is 10.2 Å². The van der Waals surface area contributed by atoms with Gasteiger partial charge in [0, 0.05) is 18.9 Å². The second-order valence-electron chi connectivity index (χ2n) is 7.13. The highest BCUT2D eigenvalue weighted by molar-refractivity contribution is 7.80. The lowest BCUT2D eigenvalue weighted by molar-refractivity contribution is -0.948. The number of nitrogens with zero attached hydrogens (tertiary/aromatic N) is 1. The van der Waals surface area contributed by atoms with Gasteiger partial charge in [-0.3, -0.25) is 4.90 Å². The van der Waals surface area contributed by atoms with Crippen LogP contribution in [-0.4, -0.2) is 36.4 Å². The van der Waals surface area contributed by atoms with Gasteiger partial charge in [-0.15, -0.1) is 0 Å². The van der Waals surface area contributed by atoms with Gasteiger partial charge in [0.2, 0.25) is 0 Å². The molecule has 4 saturated carbocycles. The summed E-state index contributed by atoms with van der Waals surface area (Å²) in [6.45, 7) is 2.16. The average Bonchev–Trinajstić information content (AvgIpc) is 2.32. The van der Waals surface area contributed by atoms with Gasteiger partial charge in [0.05, 0.1) is 6.04 Å². The first-order valence-corrected chi connectivity index (χ1v) is 7.95. The highest BCUT2D eigenvalue weighted by atomic mass is 32.1. The van der Waals surface area contributed by atoms with Crippen molar-refractivity contribution in [3.8, 4) is 0 Å². The smallest absolute Gasteiger partial charge is 0.177 e. The molecule has 5 aliphatic rings. The minimum atomic E-state index is 0.913. The number of rotatable bonds is 1. The zero-order chi connectivity index (χ0) is 12.3. The summed E-state index contributed by atoms with van der Waals surface area (Å²) in [5.74, 6) is 4.19. The van der Waals surface area contributed by atoms with E-state index >= 15 is 0 Å². The summed E-state index contributed by atoms with van der Waals surface area (Å²) in [5.41, 5.74) is 0. The maximum atomic E-state index is 5.31. The summed E-state index contributed by atoms with van der Waals surface area (Å²) >= 11 is 5.31. The van der Waals surface area contributed by atoms with E-state index in [1.165, 1.54) is 25.7 Å². The maximum Gasteiger partial charge on any atom is 0.177 e. The van der Waals surface area contributed by atoms with Gasteiger partial charge in [0.25, 0.3) is 0 Å². The first-order valence-electron chi connectivity index (χ1n) is 7.54. The minimum Gasteiger partial charge on any atom is -0.316 e. The van der Waals surface area contributed by atoms with Gasteiger partial charge in [-0.25, -0.2) is 0 Å². The van der Waals surface area contributed by atoms with Crippen LogP contribution < -0.4 is 10.2 Å². The summed E-state index contributed by atoms with van der Waals surface area (Å²) in [7, 11) is 2.13. The Kier molecular flexibility index (Phi) is 2.60. The molecule has 1 aliphatic heterocycles. The van der Waals surface area contributed by atoms with Crippen molar-refractivity contribution in [3.63, 3.8) is 0 Å². The highest BCUT2D eigenvalue weighted by Gasteiger charge is 2.52. The second-order valence-corrected chi connectivity index (χ2v) is 7.52. The molecule has 5 rings (SSSR count). The van der Waals surface area contributed by atoms with Crippen molar-refractivity contribution in [2.45, 2.75) is 38.1 Å². The largest absolute Gasteiger partial charge is 0.316 e. The summed E-state index contributed by atoms with van der Waals surface area (Å²) < 4.78 is 0. The van der Waals surface area contributed by atoms with Gasteiger partial charge >= 0.3 is 0 Å². The maximum absolute atomic E-state index is 5.31. The number of hydrogen-bond donors (Lipinski definition) is 2. The van der Waals surface area contributed by atoms with Crippen LogP contribution in [0.4, 0.5) is 0 Å². The highest BCUT2D eigenvalue weighted by Crippen LogP contribution is 2.52. The lowest BCUT2D eigenvalue weighted by Gasteiger charge is -2.56. The monoisotopic (exact) mass is 266 g/mol. The first-order chi connectivity index (χ1) is 8.70. The van der Waals surface area contributed by atoms with E-state index in [4.69, 9.17) is 12.2 Å². The van der Waals surface area contributed by atoms with E-state index in [9.17, 15) is 0 Å². The van der Waals surface area contributed by atoms with Gasteiger partial charge in [-0.05, 0) is 56.2 Å². The van der Waals surface area contributed by atoms with Crippen LogP contribution in [0.5, 0.6) is 0 Å². The molecule has 1 heterocycles. The molecule has 3 nitrogen and oxygen atoms in total. The zero-order valence-electron chi connectivity index (χ0n) is 11.2. The van der Waals surface area contributed by atoms with Crippen LogP contribution in [0.2, 0.25) is 0 Å². The molecule has 100 valence electrons. The van der Waals surface area contributed by atoms with E-state index in [1.807, 2.05) is 0 Å². The fraction of sp³-hybridized carbons (Fsp3) is 0.929. The number of hydrogen-bond acceptors (Lipinski definition) is 1. The molecule has 1 atom stereocenters. The predicted molar refractivity (Wildman–Crippen MR) is 75.0 cm³/mol. The van der Waals surface area contributed by atoms with Crippen LogP contribution in [0.15, 0.2) is 0 Å². The molecule has 0 aromatic heterocycles.